The molecule has 0 unspecified atom stereocenters. The largest absolute Gasteiger partial charge is 0.507 e. The number of esters is 1. The zero-order valence-corrected chi connectivity index (χ0v) is 14.3. The highest BCUT2D eigenvalue weighted by Gasteiger charge is 2.12. The van der Waals surface area contributed by atoms with Gasteiger partial charge < -0.3 is 9.84 Å². The molecule has 5 nitrogen and oxygen atoms in total. The van der Waals surface area contributed by atoms with E-state index >= 15 is 0 Å². The normalized spacial score (nSPS) is 11.6. The first kappa shape index (κ1) is 18.7. The molecule has 25 heavy (non-hydrogen) atoms. The van der Waals surface area contributed by atoms with Gasteiger partial charge in [-0.25, -0.2) is 17.6 Å². The van der Waals surface area contributed by atoms with Crippen molar-refractivity contribution < 1.29 is 27.4 Å². The van der Waals surface area contributed by atoms with Gasteiger partial charge in [-0.2, -0.15) is 0 Å². The monoisotopic (exact) mass is 364 g/mol. The molecule has 0 aliphatic heterocycles. The van der Waals surface area contributed by atoms with Crippen molar-refractivity contribution in [3.8, 4) is 5.75 Å². The predicted octanol–water partition coefficient (Wildman–Crippen LogP) is 2.73. The molecule has 0 amide bonds. The number of halogens is 1. The van der Waals surface area contributed by atoms with E-state index in [4.69, 9.17) is 4.74 Å². The summed E-state index contributed by atoms with van der Waals surface area (Å²) in [6, 6.07) is 9.89. The van der Waals surface area contributed by atoms with Crippen molar-refractivity contribution in [2.75, 3.05) is 12.9 Å². The van der Waals surface area contributed by atoms with Gasteiger partial charge in [-0.1, -0.05) is 18.2 Å². The lowest BCUT2D eigenvalue weighted by Gasteiger charge is -2.04. The fourth-order valence-corrected chi connectivity index (χ4v) is 2.84. The number of carbonyl (C=O) groups excluding carboxylic acids is 1. The molecule has 0 bridgehead atoms. The molecule has 0 aromatic heterocycles. The average molecular weight is 364 g/mol. The summed E-state index contributed by atoms with van der Waals surface area (Å²) in [5.74, 6) is -1.28. The molecule has 2 rings (SSSR count). The lowest BCUT2D eigenvalue weighted by atomic mass is 10.2. The standard InChI is InChI=1S/C18H17FO5S/c1-25(22,23)17-8-4-14(12-16(17)20)5-9-18(21)24-11-10-13-2-6-15(19)7-3-13/h2-9,12,20H,10-11H2,1H3. The molecule has 2 aromatic carbocycles. The van der Waals surface area contributed by atoms with Crippen molar-refractivity contribution in [2.45, 2.75) is 11.3 Å². The van der Waals surface area contributed by atoms with Crippen molar-refractivity contribution in [3.63, 3.8) is 0 Å². The molecule has 0 saturated heterocycles. The maximum Gasteiger partial charge on any atom is 0.330 e. The molecular weight excluding hydrogens is 347 g/mol. The van der Waals surface area contributed by atoms with E-state index in [9.17, 15) is 22.7 Å². The van der Waals surface area contributed by atoms with Crippen molar-refractivity contribution >= 4 is 21.9 Å². The van der Waals surface area contributed by atoms with Crippen LogP contribution >= 0.6 is 0 Å². The van der Waals surface area contributed by atoms with Crippen LogP contribution in [0, 0.1) is 5.82 Å². The van der Waals surface area contributed by atoms with Crippen LogP contribution in [-0.2, 0) is 25.8 Å². The molecule has 0 fully saturated rings. The second-order valence-electron chi connectivity index (χ2n) is 5.38. The number of carbonyl (C=O) groups is 1. The quantitative estimate of drug-likeness (QED) is 0.630. The molecule has 132 valence electrons. The summed E-state index contributed by atoms with van der Waals surface area (Å²) in [6.07, 6.45) is 4.05. The average Bonchev–Trinajstić information content (AvgIpc) is 2.53. The van der Waals surface area contributed by atoms with Crippen LogP contribution in [0.5, 0.6) is 5.75 Å². The first-order valence-corrected chi connectivity index (χ1v) is 9.27. The number of sulfone groups is 1. The van der Waals surface area contributed by atoms with Gasteiger partial charge in [0.15, 0.2) is 9.84 Å². The summed E-state index contributed by atoms with van der Waals surface area (Å²) in [5.41, 5.74) is 1.31. The molecule has 7 heteroatoms. The summed E-state index contributed by atoms with van der Waals surface area (Å²) < 4.78 is 40.6. The summed E-state index contributed by atoms with van der Waals surface area (Å²) in [4.78, 5) is 11.5. The smallest absolute Gasteiger partial charge is 0.330 e. The maximum absolute atomic E-state index is 12.8. The van der Waals surface area contributed by atoms with Crippen LogP contribution in [0.25, 0.3) is 6.08 Å². The van der Waals surface area contributed by atoms with Crippen molar-refractivity contribution in [1.29, 1.82) is 0 Å². The van der Waals surface area contributed by atoms with Crippen LogP contribution in [0.2, 0.25) is 0 Å². The fourth-order valence-electron chi connectivity index (χ4n) is 2.08. The Bertz CT molecular complexity index is 886. The van der Waals surface area contributed by atoms with E-state index in [2.05, 4.69) is 0 Å². The summed E-state index contributed by atoms with van der Waals surface area (Å²) in [6.45, 7) is 0.146. The molecule has 0 saturated carbocycles. The van der Waals surface area contributed by atoms with Crippen molar-refractivity contribution in [2.24, 2.45) is 0 Å². The Morgan fingerprint density at radius 3 is 2.48 bits per heavy atom. The number of hydrogen-bond donors (Lipinski definition) is 1. The van der Waals surface area contributed by atoms with Gasteiger partial charge in [-0.3, -0.25) is 0 Å². The lowest BCUT2D eigenvalue weighted by Crippen LogP contribution is -2.04. The topological polar surface area (TPSA) is 80.7 Å². The molecular formula is C18H17FO5S. The highest BCUT2D eigenvalue weighted by molar-refractivity contribution is 7.90. The van der Waals surface area contributed by atoms with Crippen LogP contribution in [0.1, 0.15) is 11.1 Å². The number of hydrogen-bond acceptors (Lipinski definition) is 5. The summed E-state index contributed by atoms with van der Waals surface area (Å²) in [5, 5.41) is 9.72. The van der Waals surface area contributed by atoms with Crippen LogP contribution in [0.15, 0.2) is 53.4 Å². The molecule has 0 atom stereocenters. The number of phenols is 1. The van der Waals surface area contributed by atoms with Gasteiger partial charge >= 0.3 is 5.97 Å². The molecule has 0 aliphatic carbocycles. The minimum Gasteiger partial charge on any atom is -0.507 e. The van der Waals surface area contributed by atoms with Crippen LogP contribution in [-0.4, -0.2) is 32.4 Å². The van der Waals surface area contributed by atoms with Gasteiger partial charge in [0.25, 0.3) is 0 Å². The van der Waals surface area contributed by atoms with Gasteiger partial charge in [0.1, 0.15) is 16.5 Å². The number of ether oxygens (including phenoxy) is 1. The van der Waals surface area contributed by atoms with E-state index in [1.807, 2.05) is 0 Å². The Kier molecular flexibility index (Phi) is 5.93. The second kappa shape index (κ2) is 7.94. The highest BCUT2D eigenvalue weighted by Crippen LogP contribution is 2.24. The molecule has 2 aromatic rings. The predicted molar refractivity (Wildman–Crippen MR) is 91.3 cm³/mol. The van der Waals surface area contributed by atoms with E-state index in [0.29, 0.717) is 12.0 Å². The van der Waals surface area contributed by atoms with Crippen molar-refractivity contribution in [3.05, 3.63) is 65.5 Å². The van der Waals surface area contributed by atoms with Gasteiger partial charge in [-0.05, 0) is 41.5 Å². The lowest BCUT2D eigenvalue weighted by molar-refractivity contribution is -0.137. The number of aromatic hydroxyl groups is 1. The Labute approximate surface area is 145 Å². The third-order valence-electron chi connectivity index (χ3n) is 3.34. The zero-order chi connectivity index (χ0) is 18.4. The number of rotatable bonds is 6. The SMILES string of the molecule is CS(=O)(=O)c1ccc(C=CC(=O)OCCc2ccc(F)cc2)cc1O. The van der Waals surface area contributed by atoms with E-state index in [1.165, 1.54) is 42.5 Å². The van der Waals surface area contributed by atoms with Gasteiger partial charge in [0, 0.05) is 18.8 Å². The van der Waals surface area contributed by atoms with E-state index in [0.717, 1.165) is 11.8 Å². The molecule has 0 radical (unpaired) electrons. The molecule has 0 spiro atoms. The Morgan fingerprint density at radius 1 is 1.20 bits per heavy atom. The molecule has 1 N–H and O–H groups in total. The van der Waals surface area contributed by atoms with Crippen molar-refractivity contribution in [1.82, 2.24) is 0 Å². The van der Waals surface area contributed by atoms with Gasteiger partial charge in [0.05, 0.1) is 6.61 Å². The Hall–Kier alpha value is -2.67. The van der Waals surface area contributed by atoms with Crippen LogP contribution < -0.4 is 0 Å². The molecule has 0 heterocycles. The minimum absolute atomic E-state index is 0.146. The zero-order valence-electron chi connectivity index (χ0n) is 13.5. The minimum atomic E-state index is -3.51. The fraction of sp³-hybridized carbons (Fsp3) is 0.167. The summed E-state index contributed by atoms with van der Waals surface area (Å²) in [7, 11) is -3.51. The highest BCUT2D eigenvalue weighted by atomic mass is 32.2. The van der Waals surface area contributed by atoms with E-state index in [-0.39, 0.29) is 23.1 Å². The first-order valence-electron chi connectivity index (χ1n) is 7.38. The summed E-state index contributed by atoms with van der Waals surface area (Å²) >= 11 is 0. The third kappa shape index (κ3) is 5.72. The van der Waals surface area contributed by atoms with Gasteiger partial charge in [-0.15, -0.1) is 0 Å². The van der Waals surface area contributed by atoms with E-state index < -0.39 is 15.8 Å². The van der Waals surface area contributed by atoms with Crippen LogP contribution in [0.3, 0.4) is 0 Å². The first-order chi connectivity index (χ1) is 11.8. The third-order valence-corrected chi connectivity index (χ3v) is 4.49. The number of phenolic OH excluding ortho intramolecular Hbond substituents is 1. The number of benzene rings is 2. The second-order valence-corrected chi connectivity index (χ2v) is 7.36. The van der Waals surface area contributed by atoms with Gasteiger partial charge in [0.2, 0.25) is 0 Å². The maximum atomic E-state index is 12.8. The Morgan fingerprint density at radius 2 is 1.88 bits per heavy atom. The van der Waals surface area contributed by atoms with E-state index in [1.54, 1.807) is 12.1 Å². The Balaban J connectivity index is 1.89. The van der Waals surface area contributed by atoms with Crippen LogP contribution in [0.4, 0.5) is 4.39 Å². The molecule has 0 aliphatic rings.